The minimum absolute atomic E-state index is 0.107. The summed E-state index contributed by atoms with van der Waals surface area (Å²) in [6.07, 6.45) is 1.74. The van der Waals surface area contributed by atoms with E-state index in [4.69, 9.17) is 5.11 Å². The monoisotopic (exact) mass is 243 g/mol. The molecule has 0 saturated heterocycles. The molecule has 0 amide bonds. The van der Waals surface area contributed by atoms with Crippen molar-refractivity contribution in [2.75, 3.05) is 18.1 Å². The summed E-state index contributed by atoms with van der Waals surface area (Å²) in [7, 11) is 0. The summed E-state index contributed by atoms with van der Waals surface area (Å²) >= 11 is 0. The van der Waals surface area contributed by atoms with Gasteiger partial charge in [-0.25, -0.2) is 9.97 Å². The van der Waals surface area contributed by atoms with E-state index in [1.54, 1.807) is 6.20 Å². The van der Waals surface area contributed by atoms with Crippen LogP contribution >= 0.6 is 0 Å². The fourth-order valence-corrected chi connectivity index (χ4v) is 1.82. The van der Waals surface area contributed by atoms with Crippen molar-refractivity contribution in [3.05, 3.63) is 54.0 Å². The maximum Gasteiger partial charge on any atom is 0.132 e. The van der Waals surface area contributed by atoms with E-state index in [2.05, 4.69) is 22.1 Å². The third-order valence-corrected chi connectivity index (χ3v) is 2.67. The highest BCUT2D eigenvalue weighted by Gasteiger charge is 2.08. The van der Waals surface area contributed by atoms with Crippen molar-refractivity contribution in [1.29, 1.82) is 0 Å². The third-order valence-electron chi connectivity index (χ3n) is 2.67. The number of aryl methyl sites for hydroxylation is 1. The number of hydrogen-bond donors (Lipinski definition) is 1. The number of benzene rings is 1. The predicted octanol–water partition coefficient (Wildman–Crippen LogP) is 1.78. The average Bonchev–Trinajstić information content (AvgIpc) is 2.39. The number of rotatable bonds is 5. The minimum atomic E-state index is 0.107. The standard InChI is InChI=1S/C14H17N3O/c1-12-15-8-7-14(16-12)17(9-10-18)11-13-5-3-2-4-6-13/h2-8,18H,9-11H2,1H3. The molecule has 4 heteroatoms. The van der Waals surface area contributed by atoms with E-state index in [0.29, 0.717) is 6.54 Å². The van der Waals surface area contributed by atoms with Gasteiger partial charge in [-0.3, -0.25) is 0 Å². The van der Waals surface area contributed by atoms with Crippen molar-refractivity contribution in [3.63, 3.8) is 0 Å². The molecule has 1 aromatic carbocycles. The molecule has 1 heterocycles. The number of aliphatic hydroxyl groups excluding tert-OH is 1. The van der Waals surface area contributed by atoms with Gasteiger partial charge < -0.3 is 10.0 Å². The van der Waals surface area contributed by atoms with Crippen LogP contribution < -0.4 is 4.90 Å². The summed E-state index contributed by atoms with van der Waals surface area (Å²) in [6, 6.07) is 12.0. The molecule has 0 aliphatic carbocycles. The van der Waals surface area contributed by atoms with Gasteiger partial charge in [-0.1, -0.05) is 30.3 Å². The number of aromatic nitrogens is 2. The van der Waals surface area contributed by atoms with E-state index < -0.39 is 0 Å². The zero-order valence-corrected chi connectivity index (χ0v) is 10.5. The molecule has 0 aliphatic rings. The Kier molecular flexibility index (Phi) is 4.25. The largest absolute Gasteiger partial charge is 0.395 e. The second-order valence-electron chi connectivity index (χ2n) is 4.09. The van der Waals surface area contributed by atoms with Gasteiger partial charge >= 0.3 is 0 Å². The SMILES string of the molecule is Cc1nccc(N(CCO)Cc2ccccc2)n1. The van der Waals surface area contributed by atoms with E-state index in [9.17, 15) is 0 Å². The van der Waals surface area contributed by atoms with Crippen LogP contribution in [0.3, 0.4) is 0 Å². The molecule has 0 aliphatic heterocycles. The van der Waals surface area contributed by atoms with E-state index in [1.165, 1.54) is 5.56 Å². The summed E-state index contributed by atoms with van der Waals surface area (Å²) in [5.74, 6) is 1.59. The lowest BCUT2D eigenvalue weighted by Crippen LogP contribution is -2.27. The fourth-order valence-electron chi connectivity index (χ4n) is 1.82. The van der Waals surface area contributed by atoms with Crippen LogP contribution in [0, 0.1) is 6.92 Å². The Morgan fingerprint density at radius 3 is 2.61 bits per heavy atom. The summed E-state index contributed by atoms with van der Waals surface area (Å²) in [5.41, 5.74) is 1.20. The highest BCUT2D eigenvalue weighted by molar-refractivity contribution is 5.38. The zero-order chi connectivity index (χ0) is 12.8. The van der Waals surface area contributed by atoms with Gasteiger partial charge in [0.05, 0.1) is 6.61 Å². The zero-order valence-electron chi connectivity index (χ0n) is 10.5. The first-order chi connectivity index (χ1) is 8.79. The second-order valence-corrected chi connectivity index (χ2v) is 4.09. The van der Waals surface area contributed by atoms with Crippen LogP contribution in [-0.2, 0) is 6.54 Å². The van der Waals surface area contributed by atoms with Crippen molar-refractivity contribution in [2.24, 2.45) is 0 Å². The van der Waals surface area contributed by atoms with Crippen molar-refractivity contribution in [1.82, 2.24) is 9.97 Å². The molecule has 4 nitrogen and oxygen atoms in total. The molecule has 0 unspecified atom stereocenters. The molecule has 18 heavy (non-hydrogen) atoms. The smallest absolute Gasteiger partial charge is 0.132 e. The Hall–Kier alpha value is -1.94. The molecule has 0 saturated carbocycles. The van der Waals surface area contributed by atoms with Crippen molar-refractivity contribution in [2.45, 2.75) is 13.5 Å². The molecule has 0 fully saturated rings. The van der Waals surface area contributed by atoms with Gasteiger partial charge in [0.15, 0.2) is 0 Å². The van der Waals surface area contributed by atoms with Gasteiger partial charge in [0.2, 0.25) is 0 Å². The van der Waals surface area contributed by atoms with Crippen LogP contribution in [0.1, 0.15) is 11.4 Å². The molecular formula is C14H17N3O. The lowest BCUT2D eigenvalue weighted by atomic mass is 10.2. The topological polar surface area (TPSA) is 49.2 Å². The van der Waals surface area contributed by atoms with Crippen LogP contribution in [0.5, 0.6) is 0 Å². The van der Waals surface area contributed by atoms with E-state index in [1.807, 2.05) is 36.1 Å². The maximum atomic E-state index is 9.16. The van der Waals surface area contributed by atoms with Crippen molar-refractivity contribution >= 4 is 5.82 Å². The molecule has 0 radical (unpaired) electrons. The first-order valence-corrected chi connectivity index (χ1v) is 5.99. The van der Waals surface area contributed by atoms with E-state index >= 15 is 0 Å². The summed E-state index contributed by atoms with van der Waals surface area (Å²) < 4.78 is 0. The Morgan fingerprint density at radius 1 is 1.17 bits per heavy atom. The van der Waals surface area contributed by atoms with Gasteiger partial charge in [-0.15, -0.1) is 0 Å². The van der Waals surface area contributed by atoms with Gasteiger partial charge in [0.25, 0.3) is 0 Å². The Balaban J connectivity index is 2.18. The Labute approximate surface area is 107 Å². The summed E-state index contributed by atoms with van der Waals surface area (Å²) in [4.78, 5) is 10.5. The molecule has 94 valence electrons. The maximum absolute atomic E-state index is 9.16. The Morgan fingerprint density at radius 2 is 1.94 bits per heavy atom. The third kappa shape index (κ3) is 3.28. The highest BCUT2D eigenvalue weighted by Crippen LogP contribution is 2.13. The highest BCUT2D eigenvalue weighted by atomic mass is 16.3. The summed E-state index contributed by atoms with van der Waals surface area (Å²) in [5, 5.41) is 9.16. The van der Waals surface area contributed by atoms with Gasteiger partial charge in [0, 0.05) is 19.3 Å². The lowest BCUT2D eigenvalue weighted by Gasteiger charge is -2.22. The molecule has 0 bridgehead atoms. The van der Waals surface area contributed by atoms with Crippen LogP contribution in [0.15, 0.2) is 42.6 Å². The number of aliphatic hydroxyl groups is 1. The Bertz CT molecular complexity index is 487. The van der Waals surface area contributed by atoms with Crippen LogP contribution in [0.2, 0.25) is 0 Å². The predicted molar refractivity (Wildman–Crippen MR) is 71.3 cm³/mol. The number of hydrogen-bond acceptors (Lipinski definition) is 4. The normalized spacial score (nSPS) is 10.3. The molecule has 0 spiro atoms. The minimum Gasteiger partial charge on any atom is -0.395 e. The number of nitrogens with zero attached hydrogens (tertiary/aromatic N) is 3. The number of anilines is 1. The van der Waals surface area contributed by atoms with Gasteiger partial charge in [-0.2, -0.15) is 0 Å². The van der Waals surface area contributed by atoms with Crippen LogP contribution in [0.4, 0.5) is 5.82 Å². The molecule has 2 aromatic rings. The van der Waals surface area contributed by atoms with Gasteiger partial charge in [0.1, 0.15) is 11.6 Å². The molecule has 1 aromatic heterocycles. The van der Waals surface area contributed by atoms with Gasteiger partial charge in [-0.05, 0) is 18.6 Å². The average molecular weight is 243 g/mol. The van der Waals surface area contributed by atoms with Crippen LogP contribution in [0.25, 0.3) is 0 Å². The lowest BCUT2D eigenvalue weighted by molar-refractivity contribution is 0.301. The van der Waals surface area contributed by atoms with E-state index in [0.717, 1.165) is 18.2 Å². The summed E-state index contributed by atoms with van der Waals surface area (Å²) in [6.45, 7) is 3.27. The fraction of sp³-hybridized carbons (Fsp3) is 0.286. The molecule has 2 rings (SSSR count). The van der Waals surface area contributed by atoms with Crippen molar-refractivity contribution < 1.29 is 5.11 Å². The second kappa shape index (κ2) is 6.12. The molecular weight excluding hydrogens is 226 g/mol. The first kappa shape index (κ1) is 12.5. The first-order valence-electron chi connectivity index (χ1n) is 5.99. The van der Waals surface area contributed by atoms with Crippen LogP contribution in [-0.4, -0.2) is 28.2 Å². The van der Waals surface area contributed by atoms with E-state index in [-0.39, 0.29) is 6.61 Å². The van der Waals surface area contributed by atoms with Crippen molar-refractivity contribution in [3.8, 4) is 0 Å². The molecule has 1 N–H and O–H groups in total. The molecule has 0 atom stereocenters. The quantitative estimate of drug-likeness (QED) is 0.869.